The largest absolute Gasteiger partial charge is 0.319 e. The summed E-state index contributed by atoms with van der Waals surface area (Å²) < 4.78 is 0. The van der Waals surface area contributed by atoms with Gasteiger partial charge in [0, 0.05) is 11.5 Å². The first-order chi connectivity index (χ1) is 13.1. The van der Waals surface area contributed by atoms with Crippen molar-refractivity contribution in [3.8, 4) is 12.1 Å². The van der Waals surface area contributed by atoms with Crippen molar-refractivity contribution in [2.24, 2.45) is 11.3 Å². The highest BCUT2D eigenvalue weighted by Crippen LogP contribution is 2.42. The van der Waals surface area contributed by atoms with Crippen molar-refractivity contribution in [1.29, 1.82) is 10.5 Å². The molecule has 9 nitrogen and oxygen atoms in total. The van der Waals surface area contributed by atoms with Gasteiger partial charge >= 0.3 is 0 Å². The fourth-order valence-electron chi connectivity index (χ4n) is 2.72. The smallest absolute Gasteiger partial charge is 0.292 e. The number of thioether (sulfide) groups is 1. The van der Waals surface area contributed by atoms with Crippen molar-refractivity contribution in [1.82, 2.24) is 5.32 Å². The van der Waals surface area contributed by atoms with Gasteiger partial charge in [-0.05, 0) is 13.0 Å². The maximum atomic E-state index is 12.5. The Morgan fingerprint density at radius 2 is 2.04 bits per heavy atom. The third-order valence-corrected chi connectivity index (χ3v) is 5.46. The number of nitro benzene ring substituents is 1. The molecular weight excluding hydrogens is 382 g/mol. The van der Waals surface area contributed by atoms with Gasteiger partial charge in [0.05, 0.1) is 32.9 Å². The molecular formula is C18H17N5O4S. The minimum Gasteiger partial charge on any atom is -0.319 e. The Morgan fingerprint density at radius 1 is 1.39 bits per heavy atom. The molecule has 0 radical (unpaired) electrons. The summed E-state index contributed by atoms with van der Waals surface area (Å²) in [6, 6.07) is 9.66. The summed E-state index contributed by atoms with van der Waals surface area (Å²) in [7, 11) is 0. The van der Waals surface area contributed by atoms with Gasteiger partial charge in [0.2, 0.25) is 11.8 Å². The minimum absolute atomic E-state index is 0.0528. The molecule has 1 heterocycles. The van der Waals surface area contributed by atoms with Crippen LogP contribution in [0.2, 0.25) is 0 Å². The van der Waals surface area contributed by atoms with Gasteiger partial charge in [0.15, 0.2) is 0 Å². The lowest BCUT2D eigenvalue weighted by molar-refractivity contribution is -0.383. The maximum absolute atomic E-state index is 12.5. The van der Waals surface area contributed by atoms with Crippen LogP contribution in [0, 0.1) is 44.1 Å². The fourth-order valence-corrected chi connectivity index (χ4v) is 3.82. The van der Waals surface area contributed by atoms with E-state index in [9.17, 15) is 30.2 Å². The summed E-state index contributed by atoms with van der Waals surface area (Å²) in [6.45, 7) is 4.79. The Bertz CT molecular complexity index is 957. The number of allylic oxidation sites excluding steroid dienone is 1. The zero-order valence-electron chi connectivity index (χ0n) is 15.3. The standard InChI is InChI=1S/C18H17N5O4S/c1-10(15(24)21-13-6-4-5-7-14(13)23(26)27)28-17-12(9-20)18(2,3)11(8-19)16(25)22-17/h4-7,10-11H,1-3H3,(H,21,24)(H,22,25)/t10-,11+/m0/s1. The Balaban J connectivity index is 2.25. The van der Waals surface area contributed by atoms with Crippen LogP contribution in [0.1, 0.15) is 20.8 Å². The summed E-state index contributed by atoms with van der Waals surface area (Å²) in [5, 5.41) is 34.3. The summed E-state index contributed by atoms with van der Waals surface area (Å²) in [6.07, 6.45) is 0. The van der Waals surface area contributed by atoms with Gasteiger partial charge in [0.25, 0.3) is 5.69 Å². The second-order valence-corrected chi connectivity index (χ2v) is 7.96. The van der Waals surface area contributed by atoms with Crippen LogP contribution < -0.4 is 10.6 Å². The van der Waals surface area contributed by atoms with E-state index < -0.39 is 33.3 Å². The number of nitriles is 2. The van der Waals surface area contributed by atoms with Crippen LogP contribution in [0.25, 0.3) is 0 Å². The van der Waals surface area contributed by atoms with Gasteiger partial charge in [-0.2, -0.15) is 10.5 Å². The Hall–Kier alpha value is -3.37. The molecule has 28 heavy (non-hydrogen) atoms. The van der Waals surface area contributed by atoms with E-state index in [-0.39, 0.29) is 22.0 Å². The molecule has 10 heteroatoms. The first-order valence-electron chi connectivity index (χ1n) is 8.19. The van der Waals surface area contributed by atoms with Crippen LogP contribution >= 0.6 is 11.8 Å². The maximum Gasteiger partial charge on any atom is 0.292 e. The molecule has 0 spiro atoms. The molecule has 0 saturated heterocycles. The van der Waals surface area contributed by atoms with E-state index in [1.54, 1.807) is 26.8 Å². The zero-order valence-corrected chi connectivity index (χ0v) is 16.2. The fraction of sp³-hybridized carbons (Fsp3) is 0.333. The summed E-state index contributed by atoms with van der Waals surface area (Å²) >= 11 is 0.947. The number of rotatable bonds is 5. The Labute approximate surface area is 165 Å². The topological polar surface area (TPSA) is 149 Å². The van der Waals surface area contributed by atoms with Gasteiger partial charge in [-0.25, -0.2) is 0 Å². The normalized spacial score (nSPS) is 19.0. The first kappa shape index (κ1) is 20.9. The van der Waals surface area contributed by atoms with Crippen LogP contribution in [0.4, 0.5) is 11.4 Å². The highest BCUT2D eigenvalue weighted by atomic mass is 32.2. The molecule has 2 amide bonds. The lowest BCUT2D eigenvalue weighted by Crippen LogP contribution is -2.45. The molecule has 2 N–H and O–H groups in total. The third-order valence-electron chi connectivity index (χ3n) is 4.36. The molecule has 0 saturated carbocycles. The van der Waals surface area contributed by atoms with Crippen LogP contribution in [0.15, 0.2) is 34.9 Å². The molecule has 1 aliphatic rings. The lowest BCUT2D eigenvalue weighted by atomic mass is 9.72. The van der Waals surface area contributed by atoms with Crippen molar-refractivity contribution in [2.75, 3.05) is 5.32 Å². The van der Waals surface area contributed by atoms with Crippen LogP contribution in [-0.2, 0) is 9.59 Å². The predicted molar refractivity (Wildman–Crippen MR) is 102 cm³/mol. The number of para-hydroxylation sites is 2. The van der Waals surface area contributed by atoms with E-state index in [4.69, 9.17) is 0 Å². The number of nitro groups is 1. The predicted octanol–water partition coefficient (Wildman–Crippen LogP) is 2.69. The molecule has 1 aromatic carbocycles. The number of nitrogens with one attached hydrogen (secondary N) is 2. The highest BCUT2D eigenvalue weighted by molar-refractivity contribution is 8.04. The molecule has 0 unspecified atom stereocenters. The van der Waals surface area contributed by atoms with E-state index in [1.807, 2.05) is 12.1 Å². The molecule has 1 aliphatic heterocycles. The summed E-state index contributed by atoms with van der Waals surface area (Å²) in [5.74, 6) is -2.10. The Morgan fingerprint density at radius 3 is 2.61 bits per heavy atom. The van der Waals surface area contributed by atoms with Gasteiger partial charge in [0.1, 0.15) is 11.6 Å². The van der Waals surface area contributed by atoms with Crippen molar-refractivity contribution < 1.29 is 14.5 Å². The van der Waals surface area contributed by atoms with Crippen molar-refractivity contribution in [2.45, 2.75) is 26.0 Å². The molecule has 144 valence electrons. The molecule has 2 atom stereocenters. The number of anilines is 1. The molecule has 2 rings (SSSR count). The van der Waals surface area contributed by atoms with Crippen LogP contribution in [0.3, 0.4) is 0 Å². The zero-order chi connectivity index (χ0) is 21.1. The minimum atomic E-state index is -1.03. The number of carbonyl (C=O) groups is 2. The number of carbonyl (C=O) groups excluding carboxylic acids is 2. The van der Waals surface area contributed by atoms with Gasteiger partial charge in [-0.15, -0.1) is 0 Å². The second-order valence-electron chi connectivity index (χ2n) is 6.61. The third kappa shape index (κ3) is 3.97. The van der Waals surface area contributed by atoms with Crippen LogP contribution in [0.5, 0.6) is 0 Å². The SMILES string of the molecule is C[C@H](SC1=C(C#N)C(C)(C)[C@H](C#N)C(=O)N1)C(=O)Nc1ccccc1[N+](=O)[O-]. The van der Waals surface area contributed by atoms with E-state index in [0.29, 0.717) is 0 Å². The van der Waals surface area contributed by atoms with Crippen molar-refractivity contribution >= 4 is 35.0 Å². The van der Waals surface area contributed by atoms with Gasteiger partial charge in [-0.3, -0.25) is 19.7 Å². The Kier molecular flexibility index (Phi) is 6.06. The molecule has 0 aromatic heterocycles. The summed E-state index contributed by atoms with van der Waals surface area (Å²) in [5.41, 5.74) is -0.998. The van der Waals surface area contributed by atoms with E-state index >= 15 is 0 Å². The van der Waals surface area contributed by atoms with E-state index in [2.05, 4.69) is 10.6 Å². The van der Waals surface area contributed by atoms with Gasteiger partial charge in [-0.1, -0.05) is 37.7 Å². The monoisotopic (exact) mass is 399 g/mol. The number of hydrogen-bond donors (Lipinski definition) is 2. The van der Waals surface area contributed by atoms with Crippen molar-refractivity contribution in [3.63, 3.8) is 0 Å². The molecule has 0 aliphatic carbocycles. The average Bonchev–Trinajstić information content (AvgIpc) is 2.61. The second kappa shape index (κ2) is 8.11. The van der Waals surface area contributed by atoms with Gasteiger partial charge < -0.3 is 10.6 Å². The average molecular weight is 399 g/mol. The first-order valence-corrected chi connectivity index (χ1v) is 9.07. The quantitative estimate of drug-likeness (QED) is 0.571. The number of nitrogens with zero attached hydrogens (tertiary/aromatic N) is 3. The molecule has 1 aromatic rings. The molecule has 0 fully saturated rings. The van der Waals surface area contributed by atoms with Crippen LogP contribution in [-0.4, -0.2) is 22.0 Å². The van der Waals surface area contributed by atoms with E-state index in [1.165, 1.54) is 18.2 Å². The number of hydrogen-bond acceptors (Lipinski definition) is 7. The van der Waals surface area contributed by atoms with E-state index in [0.717, 1.165) is 11.8 Å². The molecule has 0 bridgehead atoms. The van der Waals surface area contributed by atoms with Crippen molar-refractivity contribution in [3.05, 3.63) is 45.0 Å². The summed E-state index contributed by atoms with van der Waals surface area (Å²) in [4.78, 5) is 35.2. The number of benzene rings is 1. The highest BCUT2D eigenvalue weighted by Gasteiger charge is 2.45. The lowest BCUT2D eigenvalue weighted by Gasteiger charge is -2.35. The number of amides is 2.